The molecule has 2 aliphatic carbocycles. The van der Waals surface area contributed by atoms with Gasteiger partial charge < -0.3 is 19.5 Å². The van der Waals surface area contributed by atoms with Crippen molar-refractivity contribution in [2.24, 2.45) is 11.8 Å². The fourth-order valence-electron chi connectivity index (χ4n) is 9.38. The molecule has 0 spiro atoms. The van der Waals surface area contributed by atoms with E-state index in [0.717, 1.165) is 48.1 Å². The standard InChI is InChI=1S/C43H42Cl2FN5O2/c1-22-7-4-8-23(2)32(22)21-53-28-17-35(50(20-28)43(52)25-12-13-25)36-18-30-24(3)49-40-31(42(30)51(36)41-27-16-34(41)48-19-27)15-26(9-6-14-47)37(39(40)46)29-10-5-11-33(44)38(29)45/h4-5,7-8,10-11,15,18,25,27-28,34-35,41,48H,6,9,12-13,16-17,19-21H2,1-3H3/t27-,28+,34-,35-,41+/m1/s1. The van der Waals surface area contributed by atoms with Gasteiger partial charge in [-0.05, 0) is 92.8 Å². The molecule has 5 aromatic rings. The number of hydrogen-bond acceptors (Lipinski definition) is 5. The summed E-state index contributed by atoms with van der Waals surface area (Å²) in [6, 6.07) is 18.3. The lowest BCUT2D eigenvalue weighted by atomic mass is 9.79. The first-order chi connectivity index (χ1) is 25.6. The fourth-order valence-corrected chi connectivity index (χ4v) is 9.78. The fraction of sp³-hybridized carbons (Fsp3) is 0.419. The topological polar surface area (TPSA) is 83.2 Å². The second-order valence-corrected chi connectivity index (χ2v) is 16.4. The zero-order chi connectivity index (χ0) is 36.7. The molecule has 2 bridgehead atoms. The molecule has 0 radical (unpaired) electrons. The predicted molar refractivity (Wildman–Crippen MR) is 207 cm³/mol. The number of carbonyl (C=O) groups is 1. The second-order valence-electron chi connectivity index (χ2n) is 15.6. The average Bonchev–Trinajstić information content (AvgIpc) is 3.43. The van der Waals surface area contributed by atoms with Gasteiger partial charge in [-0.15, -0.1) is 0 Å². The lowest BCUT2D eigenvalue weighted by Crippen LogP contribution is -2.41. The molecule has 5 heterocycles. The highest BCUT2D eigenvalue weighted by Gasteiger charge is 2.51. The lowest BCUT2D eigenvalue weighted by molar-refractivity contribution is -0.134. The zero-order valence-electron chi connectivity index (χ0n) is 30.2. The van der Waals surface area contributed by atoms with E-state index in [4.69, 9.17) is 32.9 Å². The number of carbonyl (C=O) groups excluding carboxylic acids is 1. The highest BCUT2D eigenvalue weighted by atomic mass is 35.5. The number of hydrogen-bond donors (Lipinski definition) is 1. The molecule has 5 atom stereocenters. The van der Waals surface area contributed by atoms with Crippen LogP contribution in [0.15, 0.2) is 48.5 Å². The molecule has 53 heavy (non-hydrogen) atoms. The summed E-state index contributed by atoms with van der Waals surface area (Å²) in [6.07, 6.45) is 4.04. The minimum Gasteiger partial charge on any atom is -0.372 e. The predicted octanol–water partition coefficient (Wildman–Crippen LogP) is 9.49. The maximum atomic E-state index is 17.2. The zero-order valence-corrected chi connectivity index (χ0v) is 31.7. The van der Waals surface area contributed by atoms with Crippen molar-refractivity contribution in [2.45, 2.75) is 90.1 Å². The molecule has 3 aliphatic heterocycles. The van der Waals surface area contributed by atoms with Crippen molar-refractivity contribution in [1.29, 1.82) is 5.26 Å². The maximum Gasteiger partial charge on any atom is 0.226 e. The van der Waals surface area contributed by atoms with E-state index in [9.17, 15) is 10.1 Å². The number of pyridine rings is 1. The van der Waals surface area contributed by atoms with E-state index in [2.05, 4.69) is 59.0 Å². The van der Waals surface area contributed by atoms with Crippen LogP contribution in [0.5, 0.6) is 0 Å². The molecule has 3 saturated heterocycles. The quantitative estimate of drug-likeness (QED) is 0.162. The summed E-state index contributed by atoms with van der Waals surface area (Å²) >= 11 is 13.1. The third-order valence-corrected chi connectivity index (χ3v) is 13.2. The number of likely N-dealkylation sites (tertiary alicyclic amines) is 1. The monoisotopic (exact) mass is 749 g/mol. The number of nitrogens with zero attached hydrogens (tertiary/aromatic N) is 4. The van der Waals surface area contributed by atoms with Crippen LogP contribution in [0.2, 0.25) is 10.0 Å². The Morgan fingerprint density at radius 2 is 1.85 bits per heavy atom. The van der Waals surface area contributed by atoms with Gasteiger partial charge in [-0.3, -0.25) is 4.79 Å². The number of rotatable bonds is 9. The highest BCUT2D eigenvalue weighted by molar-refractivity contribution is 6.43. The largest absolute Gasteiger partial charge is 0.372 e. The normalized spacial score (nSPS) is 23.6. The molecule has 10 heteroatoms. The Balaban J connectivity index is 1.22. The van der Waals surface area contributed by atoms with E-state index in [0.29, 0.717) is 59.0 Å². The van der Waals surface area contributed by atoms with Crippen LogP contribution in [0.25, 0.3) is 32.9 Å². The van der Waals surface area contributed by atoms with Gasteiger partial charge in [-0.25, -0.2) is 9.37 Å². The van der Waals surface area contributed by atoms with Crippen LogP contribution < -0.4 is 5.32 Å². The number of benzene rings is 3. The summed E-state index contributed by atoms with van der Waals surface area (Å²) < 4.78 is 26.3. The van der Waals surface area contributed by atoms with Crippen molar-refractivity contribution >= 4 is 50.9 Å². The molecular formula is C43H42Cl2FN5O2. The van der Waals surface area contributed by atoms with Crippen LogP contribution in [0.1, 0.15) is 77.8 Å². The Morgan fingerprint density at radius 3 is 2.55 bits per heavy atom. The summed E-state index contributed by atoms with van der Waals surface area (Å²) in [6.45, 7) is 8.14. The smallest absolute Gasteiger partial charge is 0.226 e. The third kappa shape index (κ3) is 5.74. The molecule has 2 aromatic heterocycles. The number of amides is 1. The van der Waals surface area contributed by atoms with Gasteiger partial charge in [0.25, 0.3) is 0 Å². The van der Waals surface area contributed by atoms with E-state index in [1.807, 2.05) is 13.0 Å². The molecule has 10 rings (SSSR count). The maximum absolute atomic E-state index is 17.2. The van der Waals surface area contributed by atoms with Crippen molar-refractivity contribution in [2.75, 3.05) is 13.1 Å². The average molecular weight is 751 g/mol. The Morgan fingerprint density at radius 1 is 1.08 bits per heavy atom. The van der Waals surface area contributed by atoms with Gasteiger partial charge in [0.1, 0.15) is 5.52 Å². The molecule has 1 N–H and O–H groups in total. The van der Waals surface area contributed by atoms with Crippen LogP contribution in [-0.2, 0) is 22.6 Å². The van der Waals surface area contributed by atoms with Gasteiger partial charge in [-0.1, -0.05) is 53.5 Å². The van der Waals surface area contributed by atoms with Gasteiger partial charge in [0.15, 0.2) is 5.82 Å². The van der Waals surface area contributed by atoms with Crippen molar-refractivity contribution in [3.8, 4) is 17.2 Å². The number of halogens is 3. The van der Waals surface area contributed by atoms with Crippen molar-refractivity contribution in [1.82, 2.24) is 19.8 Å². The number of nitriles is 1. The number of aromatic nitrogens is 2. The molecule has 3 aromatic carbocycles. The summed E-state index contributed by atoms with van der Waals surface area (Å²) in [7, 11) is 0. The van der Waals surface area contributed by atoms with Gasteiger partial charge in [0, 0.05) is 71.2 Å². The molecule has 272 valence electrons. The Kier molecular flexibility index (Phi) is 8.78. The summed E-state index contributed by atoms with van der Waals surface area (Å²) in [5.74, 6) is 0.217. The number of ether oxygens (including phenoxy) is 1. The Labute approximate surface area is 319 Å². The first-order valence-corrected chi connectivity index (χ1v) is 19.6. The molecular weight excluding hydrogens is 708 g/mol. The first-order valence-electron chi connectivity index (χ1n) is 18.8. The molecule has 1 amide bonds. The third-order valence-electron chi connectivity index (χ3n) is 12.4. The Bertz CT molecular complexity index is 2330. The minimum atomic E-state index is -0.472. The molecule has 5 fully saturated rings. The van der Waals surface area contributed by atoms with Gasteiger partial charge in [0.2, 0.25) is 5.91 Å². The van der Waals surface area contributed by atoms with Crippen LogP contribution in [0, 0.1) is 49.8 Å². The van der Waals surface area contributed by atoms with Crippen LogP contribution in [0.4, 0.5) is 4.39 Å². The summed E-state index contributed by atoms with van der Waals surface area (Å²) in [4.78, 5) is 21.1. The van der Waals surface area contributed by atoms with Crippen LogP contribution in [0.3, 0.4) is 0 Å². The van der Waals surface area contributed by atoms with Gasteiger partial charge >= 0.3 is 0 Å². The van der Waals surface area contributed by atoms with Crippen molar-refractivity contribution in [3.63, 3.8) is 0 Å². The second kappa shape index (κ2) is 13.4. The van der Waals surface area contributed by atoms with E-state index in [-0.39, 0.29) is 53.0 Å². The van der Waals surface area contributed by atoms with Crippen molar-refractivity contribution in [3.05, 3.63) is 98.0 Å². The van der Waals surface area contributed by atoms with Crippen LogP contribution >= 0.6 is 23.2 Å². The molecule has 5 aliphatic rings. The van der Waals surface area contributed by atoms with Crippen LogP contribution in [-0.4, -0.2) is 45.6 Å². The van der Waals surface area contributed by atoms with Gasteiger partial charge in [-0.2, -0.15) is 5.26 Å². The molecule has 7 nitrogen and oxygen atoms in total. The Hall–Kier alpha value is -4.00. The lowest BCUT2D eigenvalue weighted by Gasteiger charge is -2.39. The van der Waals surface area contributed by atoms with E-state index in [1.54, 1.807) is 18.2 Å². The van der Waals surface area contributed by atoms with Gasteiger partial charge in [0.05, 0.1) is 46.4 Å². The van der Waals surface area contributed by atoms with Crippen molar-refractivity contribution < 1.29 is 13.9 Å². The summed E-state index contributed by atoms with van der Waals surface area (Å²) in [5.41, 5.74) is 8.09. The highest BCUT2D eigenvalue weighted by Crippen LogP contribution is 2.51. The molecule has 2 saturated carbocycles. The summed E-state index contributed by atoms with van der Waals surface area (Å²) in [5, 5.41) is 15.6. The number of nitrogens with one attached hydrogen (secondary N) is 1. The SMILES string of the molecule is Cc1cccc(C)c1CO[C@H]1C[C@H](c2cc3c(C)nc4c(F)c(-c5cccc(Cl)c5Cl)c(CCC#N)cc4c3n2[C@H]2[C@H]3CN[C@@H]2C3)N(C(=O)C2CC2)C1. The first kappa shape index (κ1) is 34.7. The number of fused-ring (bicyclic) bond motifs is 4. The minimum absolute atomic E-state index is 0.0620. The van der Waals surface area contributed by atoms with E-state index >= 15 is 4.39 Å². The number of aryl methyl sites for hydroxylation is 4. The van der Waals surface area contributed by atoms with E-state index in [1.165, 1.54) is 16.7 Å². The molecule has 0 unspecified atom stereocenters. The van der Waals surface area contributed by atoms with E-state index < -0.39 is 5.82 Å².